The van der Waals surface area contributed by atoms with Crippen LogP contribution in [-0.2, 0) is 16.1 Å². The van der Waals surface area contributed by atoms with Gasteiger partial charge in [0, 0.05) is 12.2 Å². The number of nitrogens with one attached hydrogen (secondary N) is 2. The smallest absolute Gasteiger partial charge is 0.229 e. The van der Waals surface area contributed by atoms with E-state index in [2.05, 4.69) is 23.6 Å². The number of ether oxygens (including phenoxy) is 1. The molecule has 0 aliphatic carbocycles. The molecule has 1 aromatic rings. The molecule has 1 amide bonds. The van der Waals surface area contributed by atoms with Crippen LogP contribution in [0.1, 0.15) is 25.8 Å². The topological polar surface area (TPSA) is 50.4 Å². The fourth-order valence-corrected chi connectivity index (χ4v) is 2.27. The molecule has 104 valence electrons. The van der Waals surface area contributed by atoms with Crippen LogP contribution in [0.15, 0.2) is 24.3 Å². The molecule has 4 heteroatoms. The summed E-state index contributed by atoms with van der Waals surface area (Å²) >= 11 is 0. The molecule has 4 nitrogen and oxygen atoms in total. The fraction of sp³-hybridized carbons (Fsp3) is 0.533. The minimum Gasteiger partial charge on any atom is -0.378 e. The van der Waals surface area contributed by atoms with Crippen LogP contribution in [0.2, 0.25) is 0 Å². The number of anilines is 1. The molecular formula is C15H22N2O2. The zero-order chi connectivity index (χ0) is 13.7. The maximum Gasteiger partial charge on any atom is 0.229 e. The summed E-state index contributed by atoms with van der Waals surface area (Å²) in [7, 11) is 0. The van der Waals surface area contributed by atoms with E-state index in [1.54, 1.807) is 0 Å². The Morgan fingerprint density at radius 3 is 3.00 bits per heavy atom. The zero-order valence-electron chi connectivity index (χ0n) is 11.6. The highest BCUT2D eigenvalue weighted by molar-refractivity contribution is 5.92. The summed E-state index contributed by atoms with van der Waals surface area (Å²) in [4.78, 5) is 12.1. The van der Waals surface area contributed by atoms with Gasteiger partial charge in [-0.25, -0.2) is 0 Å². The molecule has 2 unspecified atom stereocenters. The number of benzene rings is 1. The SMILES string of the molecule is CCNCc1cccc(NC(=O)C2COC(C)C2)c1. The molecule has 2 N–H and O–H groups in total. The highest BCUT2D eigenvalue weighted by Gasteiger charge is 2.28. The molecule has 1 aliphatic rings. The molecule has 19 heavy (non-hydrogen) atoms. The van der Waals surface area contributed by atoms with Crippen molar-refractivity contribution in [2.45, 2.75) is 32.9 Å². The summed E-state index contributed by atoms with van der Waals surface area (Å²) in [5.74, 6) is 0.0392. The van der Waals surface area contributed by atoms with Crippen LogP contribution >= 0.6 is 0 Å². The monoisotopic (exact) mass is 262 g/mol. The first-order valence-electron chi connectivity index (χ1n) is 6.91. The van der Waals surface area contributed by atoms with E-state index in [0.29, 0.717) is 6.61 Å². The van der Waals surface area contributed by atoms with Gasteiger partial charge in [0.15, 0.2) is 0 Å². The van der Waals surface area contributed by atoms with E-state index < -0.39 is 0 Å². The van der Waals surface area contributed by atoms with Crippen LogP contribution in [0, 0.1) is 5.92 Å². The molecule has 0 bridgehead atoms. The Morgan fingerprint density at radius 1 is 1.47 bits per heavy atom. The predicted octanol–water partition coefficient (Wildman–Crippen LogP) is 2.16. The lowest BCUT2D eigenvalue weighted by atomic mass is 10.1. The van der Waals surface area contributed by atoms with Crippen molar-refractivity contribution in [2.75, 3.05) is 18.5 Å². The first-order valence-corrected chi connectivity index (χ1v) is 6.91. The standard InChI is InChI=1S/C15H22N2O2/c1-3-16-9-12-5-4-6-14(8-12)17-15(18)13-7-11(2)19-10-13/h4-6,8,11,13,16H,3,7,9-10H2,1-2H3,(H,17,18). The van der Waals surface area contributed by atoms with Gasteiger partial charge in [-0.2, -0.15) is 0 Å². The fourth-order valence-electron chi connectivity index (χ4n) is 2.27. The predicted molar refractivity (Wildman–Crippen MR) is 76.0 cm³/mol. The lowest BCUT2D eigenvalue weighted by Crippen LogP contribution is -2.23. The second kappa shape index (κ2) is 6.68. The number of amides is 1. The molecule has 1 aromatic carbocycles. The van der Waals surface area contributed by atoms with Crippen molar-refractivity contribution in [2.24, 2.45) is 5.92 Å². The van der Waals surface area contributed by atoms with Gasteiger partial charge in [-0.3, -0.25) is 4.79 Å². The zero-order valence-corrected chi connectivity index (χ0v) is 11.6. The van der Waals surface area contributed by atoms with Gasteiger partial charge in [0.1, 0.15) is 0 Å². The molecule has 1 heterocycles. The van der Waals surface area contributed by atoms with Gasteiger partial charge < -0.3 is 15.4 Å². The number of rotatable bonds is 5. The van der Waals surface area contributed by atoms with Gasteiger partial charge in [-0.05, 0) is 37.6 Å². The summed E-state index contributed by atoms with van der Waals surface area (Å²) in [6.45, 7) is 6.37. The normalized spacial score (nSPS) is 22.4. The van der Waals surface area contributed by atoms with E-state index in [0.717, 1.165) is 25.2 Å². The molecule has 0 aromatic heterocycles. The number of carbonyl (C=O) groups is 1. The lowest BCUT2D eigenvalue weighted by molar-refractivity contribution is -0.119. The van der Waals surface area contributed by atoms with Crippen molar-refractivity contribution >= 4 is 11.6 Å². The Labute approximate surface area is 114 Å². The Morgan fingerprint density at radius 2 is 2.32 bits per heavy atom. The lowest BCUT2D eigenvalue weighted by Gasteiger charge is -2.11. The summed E-state index contributed by atoms with van der Waals surface area (Å²) < 4.78 is 5.43. The van der Waals surface area contributed by atoms with Crippen molar-refractivity contribution < 1.29 is 9.53 Å². The van der Waals surface area contributed by atoms with Crippen molar-refractivity contribution in [3.8, 4) is 0 Å². The van der Waals surface area contributed by atoms with Crippen molar-refractivity contribution in [1.29, 1.82) is 0 Å². The second-order valence-corrected chi connectivity index (χ2v) is 5.05. The quantitative estimate of drug-likeness (QED) is 0.855. The van der Waals surface area contributed by atoms with E-state index >= 15 is 0 Å². The molecule has 1 fully saturated rings. The van der Waals surface area contributed by atoms with E-state index in [-0.39, 0.29) is 17.9 Å². The molecule has 1 aliphatic heterocycles. The molecule has 0 saturated carbocycles. The van der Waals surface area contributed by atoms with Crippen LogP contribution in [0.3, 0.4) is 0 Å². The summed E-state index contributed by atoms with van der Waals surface area (Å²) in [6.07, 6.45) is 0.999. The minimum absolute atomic E-state index is 0.0209. The van der Waals surface area contributed by atoms with E-state index in [1.807, 2.05) is 25.1 Å². The summed E-state index contributed by atoms with van der Waals surface area (Å²) in [6, 6.07) is 7.96. The maximum absolute atomic E-state index is 12.1. The van der Waals surface area contributed by atoms with Gasteiger partial charge in [0.2, 0.25) is 5.91 Å². The number of hydrogen-bond donors (Lipinski definition) is 2. The highest BCUT2D eigenvalue weighted by atomic mass is 16.5. The van der Waals surface area contributed by atoms with E-state index in [4.69, 9.17) is 4.74 Å². The average Bonchev–Trinajstić information content (AvgIpc) is 2.83. The second-order valence-electron chi connectivity index (χ2n) is 5.05. The Hall–Kier alpha value is -1.39. The number of carbonyl (C=O) groups excluding carboxylic acids is 1. The van der Waals surface area contributed by atoms with Crippen LogP contribution in [0.25, 0.3) is 0 Å². The largest absolute Gasteiger partial charge is 0.378 e. The molecule has 0 spiro atoms. The minimum atomic E-state index is -0.0209. The highest BCUT2D eigenvalue weighted by Crippen LogP contribution is 2.21. The molecule has 0 radical (unpaired) electrons. The Balaban J connectivity index is 1.93. The Kier molecular flexibility index (Phi) is 4.93. The first kappa shape index (κ1) is 14.0. The average molecular weight is 262 g/mol. The van der Waals surface area contributed by atoms with Crippen LogP contribution in [-0.4, -0.2) is 25.2 Å². The van der Waals surface area contributed by atoms with Gasteiger partial charge in [-0.15, -0.1) is 0 Å². The molecular weight excluding hydrogens is 240 g/mol. The Bertz CT molecular complexity index is 434. The van der Waals surface area contributed by atoms with Crippen molar-refractivity contribution in [3.63, 3.8) is 0 Å². The van der Waals surface area contributed by atoms with Crippen LogP contribution in [0.5, 0.6) is 0 Å². The molecule has 1 saturated heterocycles. The van der Waals surface area contributed by atoms with Gasteiger partial charge in [-0.1, -0.05) is 19.1 Å². The maximum atomic E-state index is 12.1. The van der Waals surface area contributed by atoms with Crippen LogP contribution in [0.4, 0.5) is 5.69 Å². The molecule has 2 atom stereocenters. The third kappa shape index (κ3) is 4.04. The third-order valence-electron chi connectivity index (χ3n) is 3.34. The van der Waals surface area contributed by atoms with Gasteiger partial charge >= 0.3 is 0 Å². The van der Waals surface area contributed by atoms with Crippen molar-refractivity contribution in [3.05, 3.63) is 29.8 Å². The number of hydrogen-bond acceptors (Lipinski definition) is 3. The van der Waals surface area contributed by atoms with E-state index in [1.165, 1.54) is 5.56 Å². The first-order chi connectivity index (χ1) is 9.19. The van der Waals surface area contributed by atoms with Crippen LogP contribution < -0.4 is 10.6 Å². The van der Waals surface area contributed by atoms with Gasteiger partial charge in [0.05, 0.1) is 18.6 Å². The van der Waals surface area contributed by atoms with Gasteiger partial charge in [0.25, 0.3) is 0 Å². The summed E-state index contributed by atoms with van der Waals surface area (Å²) in [5.41, 5.74) is 2.04. The summed E-state index contributed by atoms with van der Waals surface area (Å²) in [5, 5.41) is 6.25. The van der Waals surface area contributed by atoms with Crippen molar-refractivity contribution in [1.82, 2.24) is 5.32 Å². The third-order valence-corrected chi connectivity index (χ3v) is 3.34. The molecule has 2 rings (SSSR count). The van der Waals surface area contributed by atoms with E-state index in [9.17, 15) is 4.79 Å².